The molecule has 0 aliphatic carbocycles. The van der Waals surface area contributed by atoms with Crippen molar-refractivity contribution < 1.29 is 18.3 Å². The maximum Gasteiger partial charge on any atom is 0.433 e. The van der Waals surface area contributed by atoms with Crippen molar-refractivity contribution in [1.82, 2.24) is 4.98 Å². The molecular formula is C9H6F3NO. The van der Waals surface area contributed by atoms with Crippen molar-refractivity contribution in [3.05, 3.63) is 29.6 Å². The van der Waals surface area contributed by atoms with Crippen molar-refractivity contribution in [3.63, 3.8) is 0 Å². The summed E-state index contributed by atoms with van der Waals surface area (Å²) < 4.78 is 36.1. The SMILES string of the molecule is OCC#Cc1ccc(C(F)(F)F)nc1. The van der Waals surface area contributed by atoms with Gasteiger partial charge in [-0.2, -0.15) is 13.2 Å². The van der Waals surface area contributed by atoms with E-state index >= 15 is 0 Å². The van der Waals surface area contributed by atoms with Crippen molar-refractivity contribution in [2.45, 2.75) is 6.18 Å². The minimum Gasteiger partial charge on any atom is -0.384 e. The number of rotatable bonds is 0. The molecule has 1 aromatic rings. The summed E-state index contributed by atoms with van der Waals surface area (Å²) >= 11 is 0. The number of aromatic nitrogens is 1. The predicted molar refractivity (Wildman–Crippen MR) is 43.2 cm³/mol. The Labute approximate surface area is 78.4 Å². The van der Waals surface area contributed by atoms with Gasteiger partial charge in [-0.05, 0) is 12.1 Å². The molecule has 0 bridgehead atoms. The molecule has 14 heavy (non-hydrogen) atoms. The molecule has 0 atom stereocenters. The lowest BCUT2D eigenvalue weighted by atomic mass is 10.2. The van der Waals surface area contributed by atoms with E-state index < -0.39 is 11.9 Å². The first kappa shape index (κ1) is 10.5. The van der Waals surface area contributed by atoms with Gasteiger partial charge in [-0.25, -0.2) is 0 Å². The van der Waals surface area contributed by atoms with Crippen LogP contribution in [-0.4, -0.2) is 16.7 Å². The third-order valence-electron chi connectivity index (χ3n) is 1.37. The molecule has 0 amide bonds. The third kappa shape index (κ3) is 2.75. The zero-order valence-electron chi connectivity index (χ0n) is 6.97. The molecule has 0 aromatic carbocycles. The standard InChI is InChI=1S/C9H6F3NO/c10-9(11,12)8-4-3-7(6-13-8)2-1-5-14/h3-4,6,14H,5H2. The molecule has 2 nitrogen and oxygen atoms in total. The molecule has 0 spiro atoms. The summed E-state index contributed by atoms with van der Waals surface area (Å²) in [6.45, 7) is -0.332. The Morgan fingerprint density at radius 1 is 1.36 bits per heavy atom. The molecule has 5 heteroatoms. The largest absolute Gasteiger partial charge is 0.433 e. The van der Waals surface area contributed by atoms with E-state index in [4.69, 9.17) is 5.11 Å². The van der Waals surface area contributed by atoms with Crippen molar-refractivity contribution in [2.75, 3.05) is 6.61 Å². The highest BCUT2D eigenvalue weighted by atomic mass is 19.4. The zero-order valence-corrected chi connectivity index (χ0v) is 6.97. The van der Waals surface area contributed by atoms with Gasteiger partial charge in [-0.15, -0.1) is 0 Å². The maximum absolute atomic E-state index is 12.0. The number of hydrogen-bond acceptors (Lipinski definition) is 2. The number of hydrogen-bond donors (Lipinski definition) is 1. The summed E-state index contributed by atoms with van der Waals surface area (Å²) in [4.78, 5) is 3.19. The van der Waals surface area contributed by atoms with Gasteiger partial charge in [0.2, 0.25) is 0 Å². The van der Waals surface area contributed by atoms with E-state index in [-0.39, 0.29) is 6.61 Å². The van der Waals surface area contributed by atoms with Crippen LogP contribution < -0.4 is 0 Å². The Balaban J connectivity index is 2.89. The van der Waals surface area contributed by atoms with Crippen molar-refractivity contribution >= 4 is 0 Å². The van der Waals surface area contributed by atoms with E-state index in [1.165, 1.54) is 6.07 Å². The van der Waals surface area contributed by atoms with Crippen LogP contribution in [0, 0.1) is 11.8 Å². The van der Waals surface area contributed by atoms with Crippen molar-refractivity contribution in [3.8, 4) is 11.8 Å². The van der Waals surface area contributed by atoms with Gasteiger partial charge in [0.05, 0.1) is 0 Å². The summed E-state index contributed by atoms with van der Waals surface area (Å²) in [5.74, 6) is 4.75. The Bertz CT molecular complexity index is 358. The Kier molecular flexibility index (Phi) is 3.10. The minimum atomic E-state index is -4.43. The summed E-state index contributed by atoms with van der Waals surface area (Å²) in [5, 5.41) is 8.34. The minimum absolute atomic E-state index is 0.332. The zero-order chi connectivity index (χ0) is 10.6. The summed E-state index contributed by atoms with van der Waals surface area (Å²) in [7, 11) is 0. The second-order valence-electron chi connectivity index (χ2n) is 2.39. The number of alkyl halides is 3. The molecule has 1 aromatic heterocycles. The van der Waals surface area contributed by atoms with E-state index in [1.54, 1.807) is 0 Å². The molecule has 0 saturated heterocycles. The Hall–Kier alpha value is -1.54. The number of halogens is 3. The lowest BCUT2D eigenvalue weighted by Crippen LogP contribution is -2.07. The monoisotopic (exact) mass is 201 g/mol. The first-order valence-electron chi connectivity index (χ1n) is 3.67. The first-order valence-corrected chi connectivity index (χ1v) is 3.67. The van der Waals surface area contributed by atoms with Crippen LogP contribution in [0.15, 0.2) is 18.3 Å². The van der Waals surface area contributed by atoms with Gasteiger partial charge in [-0.3, -0.25) is 4.98 Å². The second-order valence-corrected chi connectivity index (χ2v) is 2.39. The number of aliphatic hydroxyl groups is 1. The van der Waals surface area contributed by atoms with Gasteiger partial charge >= 0.3 is 6.18 Å². The van der Waals surface area contributed by atoms with Crippen LogP contribution in [0.5, 0.6) is 0 Å². The fraction of sp³-hybridized carbons (Fsp3) is 0.222. The van der Waals surface area contributed by atoms with Crippen LogP contribution >= 0.6 is 0 Å². The van der Waals surface area contributed by atoms with Crippen LogP contribution in [0.1, 0.15) is 11.3 Å². The van der Waals surface area contributed by atoms with Crippen LogP contribution in [0.4, 0.5) is 13.2 Å². The van der Waals surface area contributed by atoms with Gasteiger partial charge in [0.25, 0.3) is 0 Å². The molecule has 74 valence electrons. The van der Waals surface area contributed by atoms with E-state index in [9.17, 15) is 13.2 Å². The Morgan fingerprint density at radius 3 is 2.50 bits per heavy atom. The average Bonchev–Trinajstić information content (AvgIpc) is 2.14. The highest BCUT2D eigenvalue weighted by molar-refractivity contribution is 5.32. The molecule has 0 unspecified atom stereocenters. The van der Waals surface area contributed by atoms with Crippen molar-refractivity contribution in [2.24, 2.45) is 0 Å². The topological polar surface area (TPSA) is 33.1 Å². The predicted octanol–water partition coefficient (Wildman–Crippen LogP) is 1.44. The molecule has 1 N–H and O–H groups in total. The summed E-state index contributed by atoms with van der Waals surface area (Å²) in [6, 6.07) is 2.06. The van der Waals surface area contributed by atoms with Crippen LogP contribution in [0.3, 0.4) is 0 Å². The average molecular weight is 201 g/mol. The quantitative estimate of drug-likeness (QED) is 0.644. The van der Waals surface area contributed by atoms with Gasteiger partial charge in [0.15, 0.2) is 0 Å². The van der Waals surface area contributed by atoms with E-state index in [0.29, 0.717) is 5.56 Å². The first-order chi connectivity index (χ1) is 6.54. The molecular weight excluding hydrogens is 195 g/mol. The molecule has 0 saturated carbocycles. The molecule has 0 radical (unpaired) electrons. The normalized spacial score (nSPS) is 10.6. The molecule has 1 heterocycles. The smallest absolute Gasteiger partial charge is 0.384 e. The summed E-state index contributed by atoms with van der Waals surface area (Å²) in [6.07, 6.45) is -3.41. The molecule has 0 fully saturated rings. The molecule has 1 rings (SSSR count). The number of nitrogens with zero attached hydrogens (tertiary/aromatic N) is 1. The molecule has 0 aliphatic rings. The lowest BCUT2D eigenvalue weighted by Gasteiger charge is -2.03. The van der Waals surface area contributed by atoms with E-state index in [2.05, 4.69) is 16.8 Å². The van der Waals surface area contributed by atoms with Crippen LogP contribution in [0.2, 0.25) is 0 Å². The second kappa shape index (κ2) is 4.11. The Morgan fingerprint density at radius 2 is 2.07 bits per heavy atom. The lowest BCUT2D eigenvalue weighted by molar-refractivity contribution is -0.141. The molecule has 0 aliphatic heterocycles. The van der Waals surface area contributed by atoms with E-state index in [0.717, 1.165) is 12.3 Å². The van der Waals surface area contributed by atoms with Gasteiger partial charge in [0.1, 0.15) is 12.3 Å². The van der Waals surface area contributed by atoms with Crippen LogP contribution in [-0.2, 0) is 6.18 Å². The van der Waals surface area contributed by atoms with Gasteiger partial charge in [-0.1, -0.05) is 11.8 Å². The van der Waals surface area contributed by atoms with Gasteiger partial charge < -0.3 is 5.11 Å². The van der Waals surface area contributed by atoms with Gasteiger partial charge in [0, 0.05) is 11.8 Å². The van der Waals surface area contributed by atoms with Crippen LogP contribution in [0.25, 0.3) is 0 Å². The fourth-order valence-corrected chi connectivity index (χ4v) is 0.777. The number of pyridine rings is 1. The summed E-state index contributed by atoms with van der Waals surface area (Å²) in [5.41, 5.74) is -0.612. The highest BCUT2D eigenvalue weighted by Gasteiger charge is 2.31. The maximum atomic E-state index is 12.0. The fourth-order valence-electron chi connectivity index (χ4n) is 0.777. The third-order valence-corrected chi connectivity index (χ3v) is 1.37. The highest BCUT2D eigenvalue weighted by Crippen LogP contribution is 2.26. The van der Waals surface area contributed by atoms with Crippen molar-refractivity contribution in [1.29, 1.82) is 0 Å². The number of aliphatic hydroxyl groups excluding tert-OH is 1. The van der Waals surface area contributed by atoms with E-state index in [1.807, 2.05) is 0 Å².